The first-order valence-electron chi connectivity index (χ1n) is 6.31. The first-order valence-corrected chi connectivity index (χ1v) is 6.31. The maximum atomic E-state index is 12.0. The van der Waals surface area contributed by atoms with E-state index in [9.17, 15) is 4.79 Å². The summed E-state index contributed by atoms with van der Waals surface area (Å²) >= 11 is 0. The van der Waals surface area contributed by atoms with Gasteiger partial charge in [-0.3, -0.25) is 4.79 Å². The van der Waals surface area contributed by atoms with Crippen LogP contribution in [-0.4, -0.2) is 37.0 Å². The lowest BCUT2D eigenvalue weighted by Gasteiger charge is -2.27. The Morgan fingerprint density at radius 2 is 1.81 bits per heavy atom. The van der Waals surface area contributed by atoms with Gasteiger partial charge in [0.1, 0.15) is 0 Å². The van der Waals surface area contributed by atoms with E-state index in [0.717, 1.165) is 50.4 Å². The third kappa shape index (κ3) is 2.21. The minimum atomic E-state index is 0. The molecule has 3 fully saturated rings. The number of hydrogen-bond acceptors (Lipinski definition) is 2. The van der Waals surface area contributed by atoms with Gasteiger partial charge in [0.05, 0.1) is 0 Å². The summed E-state index contributed by atoms with van der Waals surface area (Å²) in [5, 5.41) is 3.41. The van der Waals surface area contributed by atoms with E-state index < -0.39 is 0 Å². The third-order valence-electron chi connectivity index (χ3n) is 4.43. The molecule has 2 aliphatic heterocycles. The molecule has 0 unspecified atom stereocenters. The molecule has 1 aliphatic carbocycles. The molecule has 3 nitrogen and oxygen atoms in total. The summed E-state index contributed by atoms with van der Waals surface area (Å²) in [5.74, 6) is 2.64. The van der Waals surface area contributed by atoms with Crippen LogP contribution in [0.25, 0.3) is 0 Å². The van der Waals surface area contributed by atoms with Gasteiger partial charge in [0.15, 0.2) is 0 Å². The number of rotatable bonds is 2. The van der Waals surface area contributed by atoms with E-state index in [1.807, 2.05) is 0 Å². The van der Waals surface area contributed by atoms with E-state index in [-0.39, 0.29) is 12.4 Å². The first-order chi connectivity index (χ1) is 7.33. The Morgan fingerprint density at radius 1 is 1.19 bits per heavy atom. The molecule has 0 aromatic rings. The van der Waals surface area contributed by atoms with Crippen LogP contribution >= 0.6 is 12.4 Å². The van der Waals surface area contributed by atoms with Crippen LogP contribution < -0.4 is 5.32 Å². The predicted molar refractivity (Wildman–Crippen MR) is 65.6 cm³/mol. The molecule has 92 valence electrons. The van der Waals surface area contributed by atoms with Crippen molar-refractivity contribution in [1.82, 2.24) is 10.2 Å². The van der Waals surface area contributed by atoms with Crippen molar-refractivity contribution in [2.45, 2.75) is 25.7 Å². The van der Waals surface area contributed by atoms with E-state index in [2.05, 4.69) is 10.2 Å². The van der Waals surface area contributed by atoms with Gasteiger partial charge in [0, 0.05) is 32.6 Å². The van der Waals surface area contributed by atoms with Gasteiger partial charge in [0.25, 0.3) is 0 Å². The molecule has 0 bridgehead atoms. The number of halogens is 1. The SMILES string of the molecule is Cl.O=C(CC1CCC1)N1C[C@H]2CNC[C@H]2C1. The van der Waals surface area contributed by atoms with Crippen molar-refractivity contribution in [2.24, 2.45) is 17.8 Å². The second-order valence-electron chi connectivity index (χ2n) is 5.48. The van der Waals surface area contributed by atoms with Gasteiger partial charge >= 0.3 is 0 Å². The summed E-state index contributed by atoms with van der Waals surface area (Å²) in [6, 6.07) is 0. The smallest absolute Gasteiger partial charge is 0.222 e. The highest BCUT2D eigenvalue weighted by atomic mass is 35.5. The lowest BCUT2D eigenvalue weighted by molar-refractivity contribution is -0.132. The first kappa shape index (κ1) is 12.2. The molecule has 2 atom stereocenters. The number of nitrogens with zero attached hydrogens (tertiary/aromatic N) is 1. The number of nitrogens with one attached hydrogen (secondary N) is 1. The topological polar surface area (TPSA) is 32.3 Å². The van der Waals surface area contributed by atoms with Crippen LogP contribution in [0.1, 0.15) is 25.7 Å². The number of amides is 1. The fourth-order valence-electron chi connectivity index (χ4n) is 3.13. The van der Waals surface area contributed by atoms with Crippen molar-refractivity contribution < 1.29 is 4.79 Å². The molecule has 1 amide bonds. The molecule has 3 rings (SSSR count). The van der Waals surface area contributed by atoms with Crippen LogP contribution in [0, 0.1) is 17.8 Å². The van der Waals surface area contributed by atoms with Gasteiger partial charge < -0.3 is 10.2 Å². The Balaban J connectivity index is 0.000000963. The molecule has 0 aromatic carbocycles. The predicted octanol–water partition coefficient (Wildman–Crippen LogP) is 1.28. The molecular weight excluding hydrogens is 224 g/mol. The molecule has 1 saturated carbocycles. The van der Waals surface area contributed by atoms with Crippen molar-refractivity contribution in [3.05, 3.63) is 0 Å². The maximum absolute atomic E-state index is 12.0. The summed E-state index contributed by atoms with van der Waals surface area (Å²) in [7, 11) is 0. The minimum Gasteiger partial charge on any atom is -0.342 e. The molecule has 0 spiro atoms. The molecule has 2 saturated heterocycles. The van der Waals surface area contributed by atoms with Crippen molar-refractivity contribution in [3.63, 3.8) is 0 Å². The number of fused-ring (bicyclic) bond motifs is 1. The number of carbonyl (C=O) groups is 1. The van der Waals surface area contributed by atoms with Crippen LogP contribution in [-0.2, 0) is 4.79 Å². The van der Waals surface area contributed by atoms with Crippen LogP contribution in [0.5, 0.6) is 0 Å². The highest BCUT2D eigenvalue weighted by molar-refractivity contribution is 5.85. The Morgan fingerprint density at radius 3 is 2.31 bits per heavy atom. The quantitative estimate of drug-likeness (QED) is 0.794. The summed E-state index contributed by atoms with van der Waals surface area (Å²) in [6.07, 6.45) is 4.74. The molecule has 3 aliphatic rings. The molecule has 1 N–H and O–H groups in total. The van der Waals surface area contributed by atoms with E-state index >= 15 is 0 Å². The Labute approximate surface area is 103 Å². The summed E-state index contributed by atoms with van der Waals surface area (Å²) in [6.45, 7) is 4.28. The standard InChI is InChI=1S/C12H20N2O.ClH/c15-12(4-9-2-1-3-9)14-7-10-5-13-6-11(10)8-14;/h9-11,13H,1-8H2;1H/t10-,11+;. The van der Waals surface area contributed by atoms with Crippen LogP contribution in [0.4, 0.5) is 0 Å². The van der Waals surface area contributed by atoms with E-state index in [0.29, 0.717) is 5.91 Å². The van der Waals surface area contributed by atoms with Crippen molar-refractivity contribution in [3.8, 4) is 0 Å². The minimum absolute atomic E-state index is 0. The van der Waals surface area contributed by atoms with Crippen molar-refractivity contribution >= 4 is 18.3 Å². The Hall–Kier alpha value is -0.280. The molecule has 2 heterocycles. The van der Waals surface area contributed by atoms with Gasteiger partial charge in [-0.25, -0.2) is 0 Å². The van der Waals surface area contributed by atoms with Crippen molar-refractivity contribution in [2.75, 3.05) is 26.2 Å². The zero-order valence-corrected chi connectivity index (χ0v) is 10.5. The van der Waals surface area contributed by atoms with Crippen LogP contribution in [0.3, 0.4) is 0 Å². The molecule has 4 heteroatoms. The zero-order valence-electron chi connectivity index (χ0n) is 9.65. The van der Waals surface area contributed by atoms with Gasteiger partial charge in [-0.15, -0.1) is 12.4 Å². The second-order valence-corrected chi connectivity index (χ2v) is 5.48. The third-order valence-corrected chi connectivity index (χ3v) is 4.43. The Bertz CT molecular complexity index is 256. The molecule has 0 radical (unpaired) electrons. The largest absolute Gasteiger partial charge is 0.342 e. The summed E-state index contributed by atoms with van der Waals surface area (Å²) in [5.41, 5.74) is 0. The molecule has 0 aromatic heterocycles. The van der Waals surface area contributed by atoms with Crippen LogP contribution in [0.2, 0.25) is 0 Å². The van der Waals surface area contributed by atoms with E-state index in [1.54, 1.807) is 0 Å². The second kappa shape index (κ2) is 4.92. The molecular formula is C12H21ClN2O. The highest BCUT2D eigenvalue weighted by Gasteiger charge is 2.38. The average molecular weight is 245 g/mol. The fraction of sp³-hybridized carbons (Fsp3) is 0.917. The zero-order chi connectivity index (χ0) is 10.3. The number of hydrogen-bond donors (Lipinski definition) is 1. The van der Waals surface area contributed by atoms with Gasteiger partial charge in [0.2, 0.25) is 5.91 Å². The normalized spacial score (nSPS) is 33.1. The van der Waals surface area contributed by atoms with Gasteiger partial charge in [-0.1, -0.05) is 6.42 Å². The average Bonchev–Trinajstić information content (AvgIpc) is 2.69. The lowest BCUT2D eigenvalue weighted by Crippen LogP contribution is -2.33. The van der Waals surface area contributed by atoms with Crippen molar-refractivity contribution in [1.29, 1.82) is 0 Å². The number of carbonyl (C=O) groups excluding carboxylic acids is 1. The lowest BCUT2D eigenvalue weighted by atomic mass is 9.83. The van der Waals surface area contributed by atoms with Gasteiger partial charge in [-0.2, -0.15) is 0 Å². The Kier molecular flexibility index (Phi) is 3.75. The van der Waals surface area contributed by atoms with Crippen LogP contribution in [0.15, 0.2) is 0 Å². The van der Waals surface area contributed by atoms with E-state index in [4.69, 9.17) is 0 Å². The van der Waals surface area contributed by atoms with Gasteiger partial charge in [-0.05, 0) is 30.6 Å². The maximum Gasteiger partial charge on any atom is 0.222 e. The number of likely N-dealkylation sites (tertiary alicyclic amines) is 1. The molecule has 16 heavy (non-hydrogen) atoms. The fourth-order valence-corrected chi connectivity index (χ4v) is 3.13. The summed E-state index contributed by atoms with van der Waals surface area (Å²) < 4.78 is 0. The van der Waals surface area contributed by atoms with E-state index in [1.165, 1.54) is 19.3 Å². The highest BCUT2D eigenvalue weighted by Crippen LogP contribution is 2.32. The monoisotopic (exact) mass is 244 g/mol. The summed E-state index contributed by atoms with van der Waals surface area (Å²) in [4.78, 5) is 14.1.